The summed E-state index contributed by atoms with van der Waals surface area (Å²) in [5, 5.41) is 11.9. The zero-order valence-electron chi connectivity index (χ0n) is 15.7. The van der Waals surface area contributed by atoms with Gasteiger partial charge in [-0.05, 0) is 50.8 Å². The number of nitrogens with one attached hydrogen (secondary N) is 1. The van der Waals surface area contributed by atoms with Crippen molar-refractivity contribution < 1.29 is 32.7 Å². The molecular formula is C20H21F3N2O4. The SMILES string of the molecule is CC1=CCC(NC(=O)c2cccc(C(F)(F)F)c2)C(=O)N2C(CCC2C(=O)O)C1. The summed E-state index contributed by atoms with van der Waals surface area (Å²) >= 11 is 0. The van der Waals surface area contributed by atoms with E-state index in [1.807, 2.05) is 6.92 Å². The lowest BCUT2D eigenvalue weighted by molar-refractivity contribution is -0.150. The molecule has 3 rings (SSSR count). The fourth-order valence-electron chi connectivity index (χ4n) is 3.91. The van der Waals surface area contributed by atoms with Gasteiger partial charge < -0.3 is 15.3 Å². The number of carbonyl (C=O) groups is 3. The van der Waals surface area contributed by atoms with E-state index in [2.05, 4.69) is 5.32 Å². The summed E-state index contributed by atoms with van der Waals surface area (Å²) in [6.07, 6.45) is -1.21. The number of alkyl halides is 3. The van der Waals surface area contributed by atoms with Crippen LogP contribution in [0.2, 0.25) is 0 Å². The maximum absolute atomic E-state index is 13.0. The summed E-state index contributed by atoms with van der Waals surface area (Å²) in [5.74, 6) is -2.45. The van der Waals surface area contributed by atoms with E-state index in [1.165, 1.54) is 11.0 Å². The summed E-state index contributed by atoms with van der Waals surface area (Å²) in [5.41, 5.74) is -0.213. The van der Waals surface area contributed by atoms with E-state index in [9.17, 15) is 32.7 Å². The van der Waals surface area contributed by atoms with Crippen molar-refractivity contribution in [2.24, 2.45) is 0 Å². The van der Waals surface area contributed by atoms with Gasteiger partial charge in [-0.25, -0.2) is 4.79 Å². The lowest BCUT2D eigenvalue weighted by Crippen LogP contribution is -2.54. The van der Waals surface area contributed by atoms with Gasteiger partial charge in [0.2, 0.25) is 5.91 Å². The Morgan fingerprint density at radius 3 is 2.62 bits per heavy atom. The molecule has 9 heteroatoms. The number of hydrogen-bond donors (Lipinski definition) is 2. The highest BCUT2D eigenvalue weighted by atomic mass is 19.4. The molecule has 2 amide bonds. The van der Waals surface area contributed by atoms with Crippen LogP contribution in [0.4, 0.5) is 13.2 Å². The van der Waals surface area contributed by atoms with E-state index in [4.69, 9.17) is 0 Å². The molecule has 0 bridgehead atoms. The molecule has 0 aromatic heterocycles. The highest BCUT2D eigenvalue weighted by Gasteiger charge is 2.44. The molecular weight excluding hydrogens is 389 g/mol. The van der Waals surface area contributed by atoms with E-state index < -0.39 is 41.6 Å². The molecule has 2 aliphatic rings. The number of benzene rings is 1. The number of carboxylic acids is 1. The number of amides is 2. The van der Waals surface area contributed by atoms with Gasteiger partial charge in [-0.15, -0.1) is 0 Å². The highest BCUT2D eigenvalue weighted by molar-refractivity contribution is 5.98. The standard InChI is InChI=1S/C20H21F3N2O4/c1-11-5-7-15(18(27)25-14(9-11)6-8-16(25)19(28)29)24-17(26)12-3-2-4-13(10-12)20(21,22)23/h2-5,10,14-16H,6-9H2,1H3,(H,24,26)(H,28,29). The van der Waals surface area contributed by atoms with Crippen molar-refractivity contribution in [1.82, 2.24) is 10.2 Å². The van der Waals surface area contributed by atoms with Crippen molar-refractivity contribution in [3.05, 3.63) is 47.0 Å². The molecule has 0 saturated carbocycles. The largest absolute Gasteiger partial charge is 0.480 e. The number of halogens is 3. The van der Waals surface area contributed by atoms with Gasteiger partial charge in [-0.1, -0.05) is 17.7 Å². The Bertz CT molecular complexity index is 866. The molecule has 0 aliphatic carbocycles. The Kier molecular flexibility index (Phi) is 5.68. The molecule has 6 nitrogen and oxygen atoms in total. The van der Waals surface area contributed by atoms with Crippen molar-refractivity contribution >= 4 is 17.8 Å². The Morgan fingerprint density at radius 1 is 1.24 bits per heavy atom. The minimum atomic E-state index is -4.59. The first kappa shape index (κ1) is 20.9. The number of carbonyl (C=O) groups excluding carboxylic acids is 2. The lowest BCUT2D eigenvalue weighted by atomic mass is 9.99. The molecule has 2 N–H and O–H groups in total. The average molecular weight is 410 g/mol. The van der Waals surface area contributed by atoms with Crippen LogP contribution in [0, 0.1) is 0 Å². The molecule has 2 aliphatic heterocycles. The molecule has 1 fully saturated rings. The quantitative estimate of drug-likeness (QED) is 0.750. The second-order valence-corrected chi connectivity index (χ2v) is 7.43. The normalized spacial score (nSPS) is 25.0. The van der Waals surface area contributed by atoms with Crippen LogP contribution in [0.5, 0.6) is 0 Å². The number of carboxylic acid groups (broad SMARTS) is 1. The Labute approximate surface area is 165 Å². The number of nitrogens with zero attached hydrogens (tertiary/aromatic N) is 1. The third-order valence-electron chi connectivity index (χ3n) is 5.36. The molecule has 3 unspecified atom stereocenters. The number of aliphatic carboxylic acids is 1. The molecule has 29 heavy (non-hydrogen) atoms. The Morgan fingerprint density at radius 2 is 1.97 bits per heavy atom. The summed E-state index contributed by atoms with van der Waals surface area (Å²) in [6, 6.07) is 1.66. The number of rotatable bonds is 3. The van der Waals surface area contributed by atoms with E-state index >= 15 is 0 Å². The second-order valence-electron chi connectivity index (χ2n) is 7.43. The van der Waals surface area contributed by atoms with Gasteiger partial charge in [0.15, 0.2) is 0 Å². The maximum Gasteiger partial charge on any atom is 0.416 e. The van der Waals surface area contributed by atoms with Crippen molar-refractivity contribution in [1.29, 1.82) is 0 Å². The van der Waals surface area contributed by atoms with Crippen LogP contribution in [0.15, 0.2) is 35.9 Å². The van der Waals surface area contributed by atoms with E-state index in [0.29, 0.717) is 19.3 Å². The van der Waals surface area contributed by atoms with Gasteiger partial charge in [0.25, 0.3) is 5.91 Å². The summed E-state index contributed by atoms with van der Waals surface area (Å²) in [7, 11) is 0. The molecule has 3 atom stereocenters. The lowest BCUT2D eigenvalue weighted by Gasteiger charge is -2.33. The van der Waals surface area contributed by atoms with E-state index in [0.717, 1.165) is 23.8 Å². The first-order valence-electron chi connectivity index (χ1n) is 9.26. The van der Waals surface area contributed by atoms with Gasteiger partial charge >= 0.3 is 12.1 Å². The molecule has 1 aromatic carbocycles. The van der Waals surface area contributed by atoms with Crippen LogP contribution in [-0.2, 0) is 15.8 Å². The first-order valence-corrected chi connectivity index (χ1v) is 9.26. The van der Waals surface area contributed by atoms with E-state index in [1.54, 1.807) is 6.08 Å². The molecule has 1 saturated heterocycles. The van der Waals surface area contributed by atoms with Crippen molar-refractivity contribution in [3.8, 4) is 0 Å². The minimum absolute atomic E-state index is 0.144. The second kappa shape index (κ2) is 7.88. The van der Waals surface area contributed by atoms with Crippen molar-refractivity contribution in [3.63, 3.8) is 0 Å². The smallest absolute Gasteiger partial charge is 0.416 e. The maximum atomic E-state index is 13.0. The highest BCUT2D eigenvalue weighted by Crippen LogP contribution is 2.32. The van der Waals surface area contributed by atoms with Crippen LogP contribution >= 0.6 is 0 Å². The summed E-state index contributed by atoms with van der Waals surface area (Å²) < 4.78 is 38.7. The van der Waals surface area contributed by atoms with Crippen LogP contribution in [0.1, 0.15) is 48.5 Å². The summed E-state index contributed by atoms with van der Waals surface area (Å²) in [4.78, 5) is 38.4. The van der Waals surface area contributed by atoms with Gasteiger partial charge in [0.05, 0.1) is 5.56 Å². The zero-order chi connectivity index (χ0) is 21.3. The van der Waals surface area contributed by atoms with Gasteiger partial charge in [0, 0.05) is 11.6 Å². The minimum Gasteiger partial charge on any atom is -0.480 e. The predicted octanol–water partition coefficient (Wildman–Crippen LogP) is 2.99. The molecule has 2 heterocycles. The van der Waals surface area contributed by atoms with Crippen LogP contribution in [0.25, 0.3) is 0 Å². The monoisotopic (exact) mass is 410 g/mol. The van der Waals surface area contributed by atoms with Gasteiger partial charge in [-0.3, -0.25) is 9.59 Å². The molecule has 0 spiro atoms. The first-order chi connectivity index (χ1) is 13.6. The van der Waals surface area contributed by atoms with Gasteiger partial charge in [-0.2, -0.15) is 13.2 Å². The third kappa shape index (κ3) is 4.44. The molecule has 156 valence electrons. The zero-order valence-corrected chi connectivity index (χ0v) is 15.7. The predicted molar refractivity (Wildman–Crippen MR) is 97.0 cm³/mol. The van der Waals surface area contributed by atoms with Crippen molar-refractivity contribution in [2.45, 2.75) is 56.9 Å². The number of hydrogen-bond acceptors (Lipinski definition) is 3. The van der Waals surface area contributed by atoms with Crippen LogP contribution < -0.4 is 5.32 Å². The van der Waals surface area contributed by atoms with Crippen LogP contribution in [-0.4, -0.2) is 45.9 Å². The fraction of sp³-hybridized carbons (Fsp3) is 0.450. The van der Waals surface area contributed by atoms with Crippen molar-refractivity contribution in [2.75, 3.05) is 0 Å². The molecule has 0 radical (unpaired) electrons. The molecule has 1 aromatic rings. The Balaban J connectivity index is 1.85. The topological polar surface area (TPSA) is 86.7 Å². The van der Waals surface area contributed by atoms with Crippen LogP contribution in [0.3, 0.4) is 0 Å². The summed E-state index contributed by atoms with van der Waals surface area (Å²) in [6.45, 7) is 1.87. The number of fused-ring (bicyclic) bond motifs is 1. The Hall–Kier alpha value is -2.84. The van der Waals surface area contributed by atoms with E-state index in [-0.39, 0.29) is 18.0 Å². The average Bonchev–Trinajstić information content (AvgIpc) is 3.06. The van der Waals surface area contributed by atoms with Gasteiger partial charge in [0.1, 0.15) is 12.1 Å². The third-order valence-corrected chi connectivity index (χ3v) is 5.36. The fourth-order valence-corrected chi connectivity index (χ4v) is 3.91.